The Balaban J connectivity index is 3.44. The van der Waals surface area contributed by atoms with Crippen molar-refractivity contribution in [2.24, 2.45) is 4.99 Å². The topological polar surface area (TPSA) is 25.2 Å². The van der Waals surface area contributed by atoms with Crippen LogP contribution in [0.2, 0.25) is 0 Å². The number of hydrogen-bond donors (Lipinski definition) is 0. The standard InChI is InChI=1S/C15H20N2S/c1-7-8-9-14-10(2)15(17-13(5)18-6)12(4)16-11(14)3/h7-9H,1H2,2-6H3/b9-8-,17-13?. The lowest BCUT2D eigenvalue weighted by atomic mass is 10.0. The Morgan fingerprint density at radius 1 is 1.28 bits per heavy atom. The Kier molecular flexibility index (Phi) is 5.35. The largest absolute Gasteiger partial charge is 0.256 e. The fourth-order valence-electron chi connectivity index (χ4n) is 1.81. The van der Waals surface area contributed by atoms with Gasteiger partial charge in [0.2, 0.25) is 0 Å². The predicted molar refractivity (Wildman–Crippen MR) is 84.0 cm³/mol. The lowest BCUT2D eigenvalue weighted by molar-refractivity contribution is 1.09. The molecule has 0 fully saturated rings. The molecule has 0 aliphatic carbocycles. The highest BCUT2D eigenvalue weighted by atomic mass is 32.2. The normalized spacial score (nSPS) is 12.2. The minimum Gasteiger partial charge on any atom is -0.256 e. The van der Waals surface area contributed by atoms with Crippen molar-refractivity contribution in [3.8, 4) is 0 Å². The maximum atomic E-state index is 4.64. The number of aliphatic imine (C=N–C) groups is 1. The molecule has 3 heteroatoms. The van der Waals surface area contributed by atoms with Crippen LogP contribution in [-0.4, -0.2) is 16.3 Å². The fraction of sp³-hybridized carbons (Fsp3) is 0.333. The molecule has 1 aromatic rings. The maximum absolute atomic E-state index is 4.64. The molecule has 0 amide bonds. The summed E-state index contributed by atoms with van der Waals surface area (Å²) >= 11 is 1.65. The van der Waals surface area contributed by atoms with Gasteiger partial charge in [0, 0.05) is 11.3 Å². The second-order valence-corrected chi connectivity index (χ2v) is 5.10. The van der Waals surface area contributed by atoms with E-state index in [0.717, 1.165) is 27.7 Å². The van der Waals surface area contributed by atoms with Crippen LogP contribution in [0.5, 0.6) is 0 Å². The van der Waals surface area contributed by atoms with Crippen LogP contribution in [-0.2, 0) is 0 Å². The first-order valence-corrected chi connectivity index (χ1v) is 7.10. The van der Waals surface area contributed by atoms with Crippen LogP contribution in [0.1, 0.15) is 29.4 Å². The summed E-state index contributed by atoms with van der Waals surface area (Å²) in [5, 5.41) is 1.05. The van der Waals surface area contributed by atoms with Crippen LogP contribution < -0.4 is 0 Å². The van der Waals surface area contributed by atoms with E-state index < -0.39 is 0 Å². The summed E-state index contributed by atoms with van der Waals surface area (Å²) < 4.78 is 0. The number of aryl methyl sites for hydroxylation is 2. The monoisotopic (exact) mass is 260 g/mol. The molecular formula is C15H20N2S. The molecule has 0 N–H and O–H groups in total. The zero-order valence-corrected chi connectivity index (χ0v) is 12.6. The van der Waals surface area contributed by atoms with Crippen molar-refractivity contribution in [2.45, 2.75) is 27.7 Å². The van der Waals surface area contributed by atoms with E-state index in [4.69, 9.17) is 0 Å². The van der Waals surface area contributed by atoms with E-state index in [2.05, 4.69) is 23.5 Å². The molecule has 0 spiro atoms. The van der Waals surface area contributed by atoms with Gasteiger partial charge in [-0.3, -0.25) is 4.98 Å². The van der Waals surface area contributed by atoms with Crippen LogP contribution in [0, 0.1) is 20.8 Å². The Labute approximate surface area is 114 Å². The number of allylic oxidation sites excluding steroid dienone is 2. The molecular weight excluding hydrogens is 240 g/mol. The summed E-state index contributed by atoms with van der Waals surface area (Å²) in [7, 11) is 0. The molecule has 1 aromatic heterocycles. The van der Waals surface area contributed by atoms with Gasteiger partial charge in [0.15, 0.2) is 0 Å². The SMILES string of the molecule is C=C/C=C\c1c(C)nc(C)c(N=C(C)SC)c1C. The van der Waals surface area contributed by atoms with Gasteiger partial charge in [0.05, 0.1) is 16.4 Å². The van der Waals surface area contributed by atoms with Crippen LogP contribution in [0.25, 0.3) is 6.08 Å². The number of pyridine rings is 1. The van der Waals surface area contributed by atoms with Crippen molar-refractivity contribution >= 4 is 28.6 Å². The molecule has 0 bridgehead atoms. The summed E-state index contributed by atoms with van der Waals surface area (Å²) in [6.45, 7) is 11.8. The van der Waals surface area contributed by atoms with E-state index in [-0.39, 0.29) is 0 Å². The third-order valence-corrected chi connectivity index (χ3v) is 3.47. The first kappa shape index (κ1) is 14.7. The predicted octanol–water partition coefficient (Wildman–Crippen LogP) is 4.62. The van der Waals surface area contributed by atoms with Crippen molar-refractivity contribution in [1.82, 2.24) is 4.98 Å². The molecule has 0 aliphatic rings. The summed E-state index contributed by atoms with van der Waals surface area (Å²) in [5.41, 5.74) is 5.30. The highest BCUT2D eigenvalue weighted by Crippen LogP contribution is 2.29. The summed E-state index contributed by atoms with van der Waals surface area (Å²) in [4.78, 5) is 9.22. The quantitative estimate of drug-likeness (QED) is 0.450. The maximum Gasteiger partial charge on any atom is 0.0886 e. The molecule has 0 unspecified atom stereocenters. The summed E-state index contributed by atoms with van der Waals surface area (Å²) in [6.07, 6.45) is 7.78. The minimum absolute atomic E-state index is 0.981. The van der Waals surface area contributed by atoms with E-state index in [1.54, 1.807) is 17.8 Å². The molecule has 1 rings (SSSR count). The van der Waals surface area contributed by atoms with E-state index in [0.29, 0.717) is 0 Å². The van der Waals surface area contributed by atoms with Gasteiger partial charge in [-0.25, -0.2) is 4.99 Å². The zero-order valence-electron chi connectivity index (χ0n) is 11.7. The van der Waals surface area contributed by atoms with Gasteiger partial charge in [-0.15, -0.1) is 11.8 Å². The van der Waals surface area contributed by atoms with E-state index in [1.165, 1.54) is 5.56 Å². The van der Waals surface area contributed by atoms with E-state index in [9.17, 15) is 0 Å². The number of hydrogen-bond acceptors (Lipinski definition) is 3. The van der Waals surface area contributed by atoms with Crippen molar-refractivity contribution in [1.29, 1.82) is 0 Å². The molecule has 0 saturated heterocycles. The Bertz CT molecular complexity index is 514. The molecule has 96 valence electrons. The van der Waals surface area contributed by atoms with Gasteiger partial charge in [-0.1, -0.05) is 24.8 Å². The summed E-state index contributed by atoms with van der Waals surface area (Å²) in [6, 6.07) is 0. The first-order chi connectivity index (χ1) is 8.51. The van der Waals surface area contributed by atoms with Gasteiger partial charge in [0.1, 0.15) is 0 Å². The Morgan fingerprint density at radius 3 is 2.50 bits per heavy atom. The fourth-order valence-corrected chi connectivity index (χ4v) is 2.00. The zero-order chi connectivity index (χ0) is 13.7. The Hall–Kier alpha value is -1.35. The van der Waals surface area contributed by atoms with Gasteiger partial charge < -0.3 is 0 Å². The minimum atomic E-state index is 0.981. The first-order valence-electron chi connectivity index (χ1n) is 5.87. The van der Waals surface area contributed by atoms with E-state index in [1.807, 2.05) is 39.2 Å². The molecule has 0 atom stereocenters. The van der Waals surface area contributed by atoms with Gasteiger partial charge >= 0.3 is 0 Å². The lowest BCUT2D eigenvalue weighted by Crippen LogP contribution is -1.96. The molecule has 0 saturated carbocycles. The number of thioether (sulfide) groups is 1. The average molecular weight is 260 g/mol. The third kappa shape index (κ3) is 3.33. The summed E-state index contributed by atoms with van der Waals surface area (Å²) in [5.74, 6) is 0. The highest BCUT2D eigenvalue weighted by molar-refractivity contribution is 8.13. The lowest BCUT2D eigenvalue weighted by Gasteiger charge is -2.11. The Morgan fingerprint density at radius 2 is 1.94 bits per heavy atom. The smallest absolute Gasteiger partial charge is 0.0886 e. The highest BCUT2D eigenvalue weighted by Gasteiger charge is 2.10. The van der Waals surface area contributed by atoms with Crippen LogP contribution in [0.15, 0.2) is 23.7 Å². The van der Waals surface area contributed by atoms with Crippen molar-refractivity contribution in [2.75, 3.05) is 6.26 Å². The van der Waals surface area contributed by atoms with Crippen molar-refractivity contribution in [3.63, 3.8) is 0 Å². The van der Waals surface area contributed by atoms with Crippen molar-refractivity contribution < 1.29 is 0 Å². The van der Waals surface area contributed by atoms with Crippen LogP contribution in [0.4, 0.5) is 5.69 Å². The van der Waals surface area contributed by atoms with E-state index >= 15 is 0 Å². The third-order valence-electron chi connectivity index (χ3n) is 2.79. The number of nitrogens with zero attached hydrogens (tertiary/aromatic N) is 2. The number of rotatable bonds is 3. The molecule has 18 heavy (non-hydrogen) atoms. The molecule has 0 radical (unpaired) electrons. The second-order valence-electron chi connectivity index (χ2n) is 4.10. The average Bonchev–Trinajstić information content (AvgIpc) is 2.33. The van der Waals surface area contributed by atoms with Crippen molar-refractivity contribution in [3.05, 3.63) is 41.2 Å². The van der Waals surface area contributed by atoms with Crippen LogP contribution in [0.3, 0.4) is 0 Å². The van der Waals surface area contributed by atoms with Crippen LogP contribution >= 0.6 is 11.8 Å². The van der Waals surface area contributed by atoms with Gasteiger partial charge in [-0.05, 0) is 39.5 Å². The molecule has 0 aliphatic heterocycles. The molecule has 0 aromatic carbocycles. The molecule has 2 nitrogen and oxygen atoms in total. The van der Waals surface area contributed by atoms with Gasteiger partial charge in [-0.2, -0.15) is 0 Å². The molecule has 1 heterocycles. The van der Waals surface area contributed by atoms with Gasteiger partial charge in [0.25, 0.3) is 0 Å². The second kappa shape index (κ2) is 6.55. The number of aromatic nitrogens is 1.